The molecule has 0 bridgehead atoms. The number of nitrogens with zero attached hydrogens (tertiary/aromatic N) is 2. The van der Waals surface area contributed by atoms with Gasteiger partial charge in [-0.25, -0.2) is 4.79 Å². The first-order chi connectivity index (χ1) is 17.5. The van der Waals surface area contributed by atoms with Gasteiger partial charge < -0.3 is 20.5 Å². The quantitative estimate of drug-likeness (QED) is 0.457. The van der Waals surface area contributed by atoms with Crippen LogP contribution in [-0.4, -0.2) is 58.5 Å². The first-order valence-electron chi connectivity index (χ1n) is 12.4. The van der Waals surface area contributed by atoms with Gasteiger partial charge in [0.05, 0.1) is 11.6 Å². The maximum atomic E-state index is 13.6. The smallest absolute Gasteiger partial charge is 0.330 e. The Morgan fingerprint density at radius 3 is 2.42 bits per heavy atom. The molecule has 3 N–H and O–H groups in total. The maximum Gasteiger partial charge on any atom is 0.330 e. The highest BCUT2D eigenvalue weighted by Crippen LogP contribution is 2.32. The van der Waals surface area contributed by atoms with E-state index in [9.17, 15) is 14.4 Å². The summed E-state index contributed by atoms with van der Waals surface area (Å²) in [6, 6.07) is 14.7. The van der Waals surface area contributed by atoms with Gasteiger partial charge in [-0.05, 0) is 48.1 Å². The van der Waals surface area contributed by atoms with Crippen LogP contribution < -0.4 is 16.3 Å². The molecule has 2 aliphatic rings. The fraction of sp³-hybridized carbons (Fsp3) is 0.370. The topological polar surface area (TPSA) is 99.2 Å². The van der Waals surface area contributed by atoms with Crippen LogP contribution in [-0.2, 0) is 16.0 Å². The average molecular weight is 508 g/mol. The van der Waals surface area contributed by atoms with E-state index >= 15 is 0 Å². The number of rotatable bonds is 7. The highest BCUT2D eigenvalue weighted by Gasteiger charge is 2.33. The van der Waals surface area contributed by atoms with Crippen LogP contribution in [0.15, 0.2) is 65.7 Å². The van der Waals surface area contributed by atoms with E-state index < -0.39 is 6.04 Å². The molecule has 3 heterocycles. The summed E-state index contributed by atoms with van der Waals surface area (Å²) in [5.41, 5.74) is 2.76. The number of likely N-dealkylation sites (tertiary alicyclic amines) is 1. The Morgan fingerprint density at radius 2 is 1.78 bits per heavy atom. The summed E-state index contributed by atoms with van der Waals surface area (Å²) in [6.45, 7) is 2.47. The third kappa shape index (κ3) is 5.24. The third-order valence-corrected chi connectivity index (χ3v) is 7.46. The van der Waals surface area contributed by atoms with Crippen LogP contribution in [0.2, 0.25) is 5.02 Å². The van der Waals surface area contributed by atoms with Crippen molar-refractivity contribution >= 4 is 23.4 Å². The largest absolute Gasteiger partial charge is 0.344 e. The Bertz CT molecular complexity index is 1270. The van der Waals surface area contributed by atoms with E-state index in [1.807, 2.05) is 35.2 Å². The maximum absolute atomic E-state index is 13.6. The molecule has 0 aliphatic carbocycles. The summed E-state index contributed by atoms with van der Waals surface area (Å²) in [6.07, 6.45) is 5.36. The Morgan fingerprint density at radius 1 is 1.06 bits per heavy atom. The van der Waals surface area contributed by atoms with Gasteiger partial charge in [0.2, 0.25) is 11.8 Å². The molecule has 1 atom stereocenters. The second-order valence-corrected chi connectivity index (χ2v) is 9.98. The molecule has 1 aromatic heterocycles. The Hall–Kier alpha value is -3.36. The number of piperidine rings is 1. The van der Waals surface area contributed by atoms with Gasteiger partial charge >= 0.3 is 5.69 Å². The van der Waals surface area contributed by atoms with Crippen molar-refractivity contribution in [3.05, 3.63) is 87.6 Å². The van der Waals surface area contributed by atoms with Crippen molar-refractivity contribution in [1.82, 2.24) is 25.1 Å². The van der Waals surface area contributed by atoms with E-state index in [0.29, 0.717) is 37.6 Å². The van der Waals surface area contributed by atoms with E-state index in [0.717, 1.165) is 29.7 Å². The number of hydrogen-bond acceptors (Lipinski definition) is 4. The molecule has 2 saturated heterocycles. The zero-order valence-electron chi connectivity index (χ0n) is 20.0. The normalized spacial score (nSPS) is 17.4. The molecule has 5 rings (SSSR count). The van der Waals surface area contributed by atoms with Crippen LogP contribution >= 0.6 is 11.6 Å². The van der Waals surface area contributed by atoms with Crippen molar-refractivity contribution in [2.24, 2.45) is 5.92 Å². The highest BCUT2D eigenvalue weighted by atomic mass is 35.5. The standard InChI is InChI=1S/C27H30ClN5O3/c28-21-7-5-18(6-8-21)15-23(31-25(34)20-16-29-17-20)26(35)32-12-9-19(10-13-32)22-3-1-2-4-24(22)33-14-11-30-27(33)36/h1-8,11,14,19-20,23,29H,9-10,12-13,15-17H2,(H,30,36)(H,31,34). The van der Waals surface area contributed by atoms with E-state index in [2.05, 4.69) is 21.7 Å². The second kappa shape index (κ2) is 10.7. The molecule has 8 nitrogen and oxygen atoms in total. The number of amides is 2. The number of carbonyl (C=O) groups is 2. The number of carbonyl (C=O) groups excluding carboxylic acids is 2. The summed E-state index contributed by atoms with van der Waals surface area (Å²) in [7, 11) is 0. The molecule has 36 heavy (non-hydrogen) atoms. The lowest BCUT2D eigenvalue weighted by Crippen LogP contribution is -2.57. The SMILES string of the molecule is O=C(NC(Cc1ccc(Cl)cc1)C(=O)N1CCC(c2ccccc2-n2cc[nH]c2=O)CC1)C1CNC1. The second-order valence-electron chi connectivity index (χ2n) is 9.54. The number of imidazole rings is 1. The summed E-state index contributed by atoms with van der Waals surface area (Å²) < 4.78 is 1.62. The molecule has 0 spiro atoms. The van der Waals surface area contributed by atoms with E-state index in [1.165, 1.54) is 0 Å². The number of nitrogens with one attached hydrogen (secondary N) is 3. The molecule has 3 aromatic rings. The van der Waals surface area contributed by atoms with Gasteiger partial charge in [0.1, 0.15) is 6.04 Å². The van der Waals surface area contributed by atoms with Crippen LogP contribution in [0.25, 0.3) is 5.69 Å². The first kappa shape index (κ1) is 24.3. The number of para-hydroxylation sites is 1. The van der Waals surface area contributed by atoms with Crippen molar-refractivity contribution in [1.29, 1.82) is 0 Å². The van der Waals surface area contributed by atoms with Gasteiger partial charge in [0.25, 0.3) is 0 Å². The van der Waals surface area contributed by atoms with Crippen molar-refractivity contribution in [2.45, 2.75) is 31.2 Å². The zero-order chi connectivity index (χ0) is 25.1. The van der Waals surface area contributed by atoms with Crippen molar-refractivity contribution < 1.29 is 9.59 Å². The number of hydrogen-bond donors (Lipinski definition) is 3. The van der Waals surface area contributed by atoms with Crippen LogP contribution in [0, 0.1) is 5.92 Å². The highest BCUT2D eigenvalue weighted by molar-refractivity contribution is 6.30. The van der Waals surface area contributed by atoms with E-state index in [1.54, 1.807) is 29.1 Å². The molecule has 0 radical (unpaired) electrons. The minimum absolute atomic E-state index is 0.0563. The summed E-state index contributed by atoms with van der Waals surface area (Å²) in [5, 5.41) is 6.75. The van der Waals surface area contributed by atoms with E-state index in [4.69, 9.17) is 11.6 Å². The monoisotopic (exact) mass is 507 g/mol. The first-order valence-corrected chi connectivity index (χ1v) is 12.8. The Balaban J connectivity index is 1.28. The molecule has 9 heteroatoms. The number of aromatic nitrogens is 2. The summed E-state index contributed by atoms with van der Waals surface area (Å²) in [4.78, 5) is 43.1. The molecule has 1 unspecified atom stereocenters. The zero-order valence-corrected chi connectivity index (χ0v) is 20.7. The van der Waals surface area contributed by atoms with Crippen LogP contribution in [0.4, 0.5) is 0 Å². The van der Waals surface area contributed by atoms with Crippen LogP contribution in [0.3, 0.4) is 0 Å². The number of H-pyrrole nitrogens is 1. The van der Waals surface area contributed by atoms with Gasteiger partial charge in [0, 0.05) is 50.0 Å². The summed E-state index contributed by atoms with van der Waals surface area (Å²) >= 11 is 6.03. The lowest BCUT2D eigenvalue weighted by molar-refractivity contribution is -0.138. The molecule has 0 saturated carbocycles. The molecule has 2 fully saturated rings. The molecule has 2 aliphatic heterocycles. The van der Waals surface area contributed by atoms with Gasteiger partial charge in [0.15, 0.2) is 0 Å². The minimum atomic E-state index is -0.624. The lowest BCUT2D eigenvalue weighted by Gasteiger charge is -2.36. The number of benzene rings is 2. The molecule has 2 aromatic carbocycles. The Labute approximate surface area is 214 Å². The third-order valence-electron chi connectivity index (χ3n) is 7.21. The van der Waals surface area contributed by atoms with E-state index in [-0.39, 0.29) is 29.3 Å². The fourth-order valence-electron chi connectivity index (χ4n) is 5.01. The van der Waals surface area contributed by atoms with Crippen LogP contribution in [0.1, 0.15) is 29.9 Å². The molecular weight excluding hydrogens is 478 g/mol. The Kier molecular flexibility index (Phi) is 7.25. The van der Waals surface area contributed by atoms with Gasteiger partial charge in [-0.2, -0.15) is 0 Å². The van der Waals surface area contributed by atoms with Gasteiger partial charge in [-0.1, -0.05) is 41.9 Å². The molecular formula is C27H30ClN5O3. The predicted molar refractivity (Wildman–Crippen MR) is 138 cm³/mol. The number of aromatic amines is 1. The fourth-order valence-corrected chi connectivity index (χ4v) is 5.14. The van der Waals surface area contributed by atoms with Crippen LogP contribution in [0.5, 0.6) is 0 Å². The lowest BCUT2D eigenvalue weighted by atomic mass is 9.87. The predicted octanol–water partition coefficient (Wildman–Crippen LogP) is 2.47. The summed E-state index contributed by atoms with van der Waals surface area (Å²) in [5.74, 6) is 0.00277. The van der Waals surface area contributed by atoms with Gasteiger partial charge in [-0.3, -0.25) is 14.2 Å². The van der Waals surface area contributed by atoms with Crippen molar-refractivity contribution in [3.8, 4) is 5.69 Å². The van der Waals surface area contributed by atoms with Crippen molar-refractivity contribution in [3.63, 3.8) is 0 Å². The average Bonchev–Trinajstić information content (AvgIpc) is 3.29. The van der Waals surface area contributed by atoms with Crippen molar-refractivity contribution in [2.75, 3.05) is 26.2 Å². The molecule has 2 amide bonds. The minimum Gasteiger partial charge on any atom is -0.344 e. The van der Waals surface area contributed by atoms with Gasteiger partial charge in [-0.15, -0.1) is 0 Å². The molecule has 188 valence electrons. The number of halogens is 1.